The van der Waals surface area contributed by atoms with Crippen molar-refractivity contribution >= 4 is 34.8 Å². The monoisotopic (exact) mass is 364 g/mol. The second-order valence-corrected chi connectivity index (χ2v) is 6.77. The number of aromatic nitrogens is 3. The van der Waals surface area contributed by atoms with E-state index in [1.54, 1.807) is 12.3 Å². The molecule has 2 aromatic heterocycles. The van der Waals surface area contributed by atoms with Gasteiger partial charge in [0.15, 0.2) is 0 Å². The quantitative estimate of drug-likeness (QED) is 0.610. The van der Waals surface area contributed by atoms with Gasteiger partial charge in [0.1, 0.15) is 16.8 Å². The molecule has 24 heavy (non-hydrogen) atoms. The van der Waals surface area contributed by atoms with Crippen molar-refractivity contribution in [3.8, 4) is 11.1 Å². The number of fused-ring (bicyclic) bond motifs is 1. The summed E-state index contributed by atoms with van der Waals surface area (Å²) in [6, 6.07) is 4.69. The highest BCUT2D eigenvalue weighted by molar-refractivity contribution is 6.36. The lowest BCUT2D eigenvalue weighted by Gasteiger charge is -2.28. The van der Waals surface area contributed by atoms with E-state index in [0.717, 1.165) is 25.2 Å². The Hall–Kier alpha value is -1.85. The van der Waals surface area contributed by atoms with Gasteiger partial charge in [-0.15, -0.1) is 0 Å². The third-order valence-corrected chi connectivity index (χ3v) is 5.09. The van der Waals surface area contributed by atoms with Crippen LogP contribution < -0.4 is 4.90 Å². The number of halogens is 3. The summed E-state index contributed by atoms with van der Waals surface area (Å²) in [5, 5.41) is 0.627. The zero-order valence-electron chi connectivity index (χ0n) is 13.0. The highest BCUT2D eigenvalue weighted by atomic mass is 35.5. The fourth-order valence-electron chi connectivity index (χ4n) is 3.35. The van der Waals surface area contributed by atoms with Crippen molar-refractivity contribution < 1.29 is 4.39 Å². The lowest BCUT2D eigenvalue weighted by Crippen LogP contribution is -2.29. The number of hydrogen-bond acceptors (Lipinski definition) is 3. The first-order valence-electron chi connectivity index (χ1n) is 7.81. The smallest absolute Gasteiger partial charge is 0.236 e. The molecule has 3 aromatic rings. The molecular formula is C17H15Cl2FN4. The van der Waals surface area contributed by atoms with Gasteiger partial charge < -0.3 is 4.90 Å². The molecule has 0 radical (unpaired) electrons. The van der Waals surface area contributed by atoms with Crippen molar-refractivity contribution in [2.24, 2.45) is 0 Å². The number of nitrogens with zero attached hydrogens (tertiary/aromatic N) is 4. The molecule has 1 aromatic carbocycles. The molecule has 1 atom stereocenters. The molecule has 0 saturated carbocycles. The Balaban J connectivity index is 2.05. The van der Waals surface area contributed by atoms with E-state index in [0.29, 0.717) is 33.1 Å². The Bertz CT molecular complexity index is 924. The molecule has 1 aliphatic heterocycles. The van der Waals surface area contributed by atoms with E-state index < -0.39 is 0 Å². The van der Waals surface area contributed by atoms with Gasteiger partial charge in [-0.05, 0) is 38.0 Å². The van der Waals surface area contributed by atoms with Gasteiger partial charge in [-0.3, -0.25) is 4.40 Å². The van der Waals surface area contributed by atoms with E-state index in [2.05, 4.69) is 21.8 Å². The molecule has 0 bridgehead atoms. The van der Waals surface area contributed by atoms with Crippen LogP contribution in [-0.4, -0.2) is 27.0 Å². The van der Waals surface area contributed by atoms with E-state index in [9.17, 15) is 4.39 Å². The summed E-state index contributed by atoms with van der Waals surface area (Å²) < 4.78 is 15.4. The number of imidazole rings is 1. The molecule has 0 amide bonds. The first kappa shape index (κ1) is 15.7. The number of benzene rings is 1. The van der Waals surface area contributed by atoms with Crippen LogP contribution >= 0.6 is 23.2 Å². The van der Waals surface area contributed by atoms with Crippen LogP contribution in [0.3, 0.4) is 0 Å². The van der Waals surface area contributed by atoms with Gasteiger partial charge in [0.05, 0.1) is 10.6 Å². The largest absolute Gasteiger partial charge is 0.354 e. The second kappa shape index (κ2) is 5.90. The minimum Gasteiger partial charge on any atom is -0.354 e. The van der Waals surface area contributed by atoms with Crippen LogP contribution in [0.25, 0.3) is 16.9 Å². The van der Waals surface area contributed by atoms with Crippen LogP contribution in [0, 0.1) is 5.82 Å². The van der Waals surface area contributed by atoms with Gasteiger partial charge in [-0.25, -0.2) is 9.37 Å². The molecule has 124 valence electrons. The predicted molar refractivity (Wildman–Crippen MR) is 94.4 cm³/mol. The van der Waals surface area contributed by atoms with Gasteiger partial charge in [-0.2, -0.15) is 4.98 Å². The summed E-state index contributed by atoms with van der Waals surface area (Å²) in [6.45, 7) is 3.10. The topological polar surface area (TPSA) is 33.4 Å². The average Bonchev–Trinajstić information content (AvgIpc) is 3.15. The molecule has 1 saturated heterocycles. The Morgan fingerprint density at radius 1 is 1.29 bits per heavy atom. The Morgan fingerprint density at radius 3 is 2.83 bits per heavy atom. The van der Waals surface area contributed by atoms with Crippen LogP contribution in [0.2, 0.25) is 10.2 Å². The number of rotatable bonds is 2. The lowest BCUT2D eigenvalue weighted by molar-refractivity contribution is 0.628. The van der Waals surface area contributed by atoms with Crippen molar-refractivity contribution in [1.82, 2.24) is 14.4 Å². The van der Waals surface area contributed by atoms with Crippen molar-refractivity contribution in [1.29, 1.82) is 0 Å². The SMILES string of the molecule is C[C@H]1CCCN1c1c(-c2ccc(F)cc2Cl)c(Cl)nc2nccn12. The second-order valence-electron chi connectivity index (χ2n) is 6.01. The highest BCUT2D eigenvalue weighted by Gasteiger charge is 2.28. The average molecular weight is 365 g/mol. The van der Waals surface area contributed by atoms with Crippen molar-refractivity contribution in [3.63, 3.8) is 0 Å². The molecule has 3 heterocycles. The standard InChI is InChI=1S/C17H15Cl2FN4/c1-10-3-2-7-23(10)16-14(12-5-4-11(20)9-13(12)18)15(19)22-17-21-6-8-24(16)17/h4-6,8-10H,2-3,7H2,1H3/t10-/m0/s1. The predicted octanol–water partition coefficient (Wildman–Crippen LogP) is 4.83. The van der Waals surface area contributed by atoms with Gasteiger partial charge in [0.2, 0.25) is 5.78 Å². The van der Waals surface area contributed by atoms with Gasteiger partial charge in [0.25, 0.3) is 0 Å². The molecular weight excluding hydrogens is 350 g/mol. The fourth-order valence-corrected chi connectivity index (χ4v) is 3.88. The zero-order valence-corrected chi connectivity index (χ0v) is 14.5. The first-order chi connectivity index (χ1) is 11.6. The van der Waals surface area contributed by atoms with E-state index in [-0.39, 0.29) is 5.82 Å². The maximum absolute atomic E-state index is 13.5. The number of hydrogen-bond donors (Lipinski definition) is 0. The maximum atomic E-state index is 13.5. The third kappa shape index (κ3) is 2.43. The lowest BCUT2D eigenvalue weighted by atomic mass is 10.1. The van der Waals surface area contributed by atoms with Crippen LogP contribution in [0.5, 0.6) is 0 Å². The number of anilines is 1. The summed E-state index contributed by atoms with van der Waals surface area (Å²) >= 11 is 12.8. The zero-order chi connectivity index (χ0) is 16.8. The van der Waals surface area contributed by atoms with E-state index in [4.69, 9.17) is 23.2 Å². The summed E-state index contributed by atoms with van der Waals surface area (Å²) in [4.78, 5) is 10.9. The van der Waals surface area contributed by atoms with Crippen molar-refractivity contribution in [2.75, 3.05) is 11.4 Å². The third-order valence-electron chi connectivity index (χ3n) is 4.50. The molecule has 4 nitrogen and oxygen atoms in total. The molecule has 1 fully saturated rings. The minimum atomic E-state index is -0.382. The normalized spacial score (nSPS) is 17.8. The molecule has 1 aliphatic rings. The molecule has 0 unspecified atom stereocenters. The summed E-state index contributed by atoms with van der Waals surface area (Å²) in [6.07, 6.45) is 5.76. The Kier molecular flexibility index (Phi) is 3.85. The van der Waals surface area contributed by atoms with Crippen LogP contribution in [0.1, 0.15) is 19.8 Å². The minimum absolute atomic E-state index is 0.311. The summed E-state index contributed by atoms with van der Waals surface area (Å²) in [5.41, 5.74) is 1.38. The highest BCUT2D eigenvalue weighted by Crippen LogP contribution is 2.42. The summed E-state index contributed by atoms with van der Waals surface area (Å²) in [5.74, 6) is 1.06. The molecule has 0 spiro atoms. The van der Waals surface area contributed by atoms with Crippen molar-refractivity contribution in [2.45, 2.75) is 25.8 Å². The molecule has 0 N–H and O–H groups in total. The maximum Gasteiger partial charge on any atom is 0.236 e. The van der Waals surface area contributed by atoms with Crippen LogP contribution in [0.15, 0.2) is 30.6 Å². The van der Waals surface area contributed by atoms with Gasteiger partial charge >= 0.3 is 0 Å². The van der Waals surface area contributed by atoms with Gasteiger partial charge in [-0.1, -0.05) is 23.2 Å². The van der Waals surface area contributed by atoms with Crippen LogP contribution in [0.4, 0.5) is 10.2 Å². The fraction of sp³-hybridized carbons (Fsp3) is 0.294. The molecule has 4 rings (SSSR count). The van der Waals surface area contributed by atoms with E-state index in [1.165, 1.54) is 12.1 Å². The van der Waals surface area contributed by atoms with Crippen molar-refractivity contribution in [3.05, 3.63) is 46.6 Å². The molecule has 7 heteroatoms. The van der Waals surface area contributed by atoms with Crippen LogP contribution in [-0.2, 0) is 0 Å². The van der Waals surface area contributed by atoms with Gasteiger partial charge in [0, 0.05) is 30.5 Å². The Morgan fingerprint density at radius 2 is 2.12 bits per heavy atom. The molecule has 0 aliphatic carbocycles. The van der Waals surface area contributed by atoms with E-state index >= 15 is 0 Å². The Labute approximate surface area is 148 Å². The summed E-state index contributed by atoms with van der Waals surface area (Å²) in [7, 11) is 0. The van der Waals surface area contributed by atoms with E-state index in [1.807, 2.05) is 10.6 Å². The first-order valence-corrected chi connectivity index (χ1v) is 8.56.